The molecule has 3 heterocycles. The van der Waals surface area contributed by atoms with Crippen LogP contribution >= 0.6 is 23.4 Å². The molecular formula is C11H8ClN3O2S. The van der Waals surface area contributed by atoms with Gasteiger partial charge in [0.05, 0.1) is 10.8 Å². The van der Waals surface area contributed by atoms with E-state index in [1.54, 1.807) is 30.1 Å². The van der Waals surface area contributed by atoms with Gasteiger partial charge >= 0.3 is 0 Å². The highest BCUT2D eigenvalue weighted by molar-refractivity contribution is 8.00. The van der Waals surface area contributed by atoms with Gasteiger partial charge in [0.15, 0.2) is 5.78 Å². The zero-order chi connectivity index (χ0) is 12.5. The van der Waals surface area contributed by atoms with Gasteiger partial charge in [0.1, 0.15) is 11.6 Å². The van der Waals surface area contributed by atoms with E-state index in [1.165, 1.54) is 0 Å². The highest BCUT2D eigenvalue weighted by atomic mass is 35.5. The van der Waals surface area contributed by atoms with E-state index in [-0.39, 0.29) is 11.7 Å². The summed E-state index contributed by atoms with van der Waals surface area (Å²) in [7, 11) is 0. The van der Waals surface area contributed by atoms with Crippen LogP contribution in [0.2, 0.25) is 5.02 Å². The maximum Gasteiger partial charge on any atom is 0.238 e. The van der Waals surface area contributed by atoms with Crippen molar-refractivity contribution in [3.63, 3.8) is 0 Å². The van der Waals surface area contributed by atoms with Gasteiger partial charge in [-0.3, -0.25) is 9.78 Å². The molecule has 0 saturated carbocycles. The molecule has 2 aromatic heterocycles. The Morgan fingerprint density at radius 2 is 2.39 bits per heavy atom. The number of rotatable bonds is 2. The van der Waals surface area contributed by atoms with Crippen molar-refractivity contribution in [1.82, 2.24) is 15.1 Å². The van der Waals surface area contributed by atoms with E-state index >= 15 is 0 Å². The predicted octanol–water partition coefficient (Wildman–Crippen LogP) is 2.18. The zero-order valence-corrected chi connectivity index (χ0v) is 10.7. The van der Waals surface area contributed by atoms with E-state index in [4.69, 9.17) is 16.1 Å². The van der Waals surface area contributed by atoms with E-state index in [2.05, 4.69) is 15.1 Å². The van der Waals surface area contributed by atoms with Crippen molar-refractivity contribution in [3.05, 3.63) is 29.2 Å². The molecule has 1 unspecified atom stereocenters. The smallest absolute Gasteiger partial charge is 0.238 e. The normalized spacial score (nSPS) is 19.4. The third-order valence-corrected chi connectivity index (χ3v) is 3.99. The van der Waals surface area contributed by atoms with Crippen molar-refractivity contribution >= 4 is 29.1 Å². The number of Topliss-reactive ketones (excluding diaryl/α,β-unsaturated/α-hetero) is 1. The number of carbonyl (C=O) groups is 1. The number of pyridine rings is 1. The van der Waals surface area contributed by atoms with Crippen molar-refractivity contribution in [3.8, 4) is 11.5 Å². The van der Waals surface area contributed by atoms with Crippen LogP contribution in [-0.2, 0) is 4.79 Å². The van der Waals surface area contributed by atoms with Gasteiger partial charge in [0.2, 0.25) is 11.7 Å². The molecule has 5 nitrogen and oxygen atoms in total. The molecule has 0 bridgehead atoms. The van der Waals surface area contributed by atoms with Gasteiger partial charge in [0.25, 0.3) is 0 Å². The summed E-state index contributed by atoms with van der Waals surface area (Å²) in [5, 5.41) is 4.29. The third-order valence-electron chi connectivity index (χ3n) is 2.63. The second kappa shape index (κ2) is 4.70. The topological polar surface area (TPSA) is 68.9 Å². The van der Waals surface area contributed by atoms with Crippen LogP contribution in [0.15, 0.2) is 22.9 Å². The molecule has 2 aromatic rings. The number of aromatic nitrogens is 3. The monoisotopic (exact) mass is 281 g/mol. The molecule has 0 aromatic carbocycles. The molecule has 0 N–H and O–H groups in total. The maximum atomic E-state index is 11.6. The fraction of sp³-hybridized carbons (Fsp3) is 0.273. The minimum absolute atomic E-state index is 0.127. The lowest BCUT2D eigenvalue weighted by Gasteiger charge is -1.98. The van der Waals surface area contributed by atoms with Crippen LogP contribution in [0.25, 0.3) is 11.5 Å². The summed E-state index contributed by atoms with van der Waals surface area (Å²) in [6.45, 7) is 0. The van der Waals surface area contributed by atoms with Crippen LogP contribution in [-0.4, -0.2) is 32.4 Å². The Labute approximate surface area is 112 Å². The minimum Gasteiger partial charge on any atom is -0.338 e. The van der Waals surface area contributed by atoms with Crippen LogP contribution in [0.5, 0.6) is 0 Å². The van der Waals surface area contributed by atoms with Crippen LogP contribution in [0.1, 0.15) is 11.8 Å². The van der Waals surface area contributed by atoms with Crippen LogP contribution in [0, 0.1) is 0 Å². The standard InChI is InChI=1S/C11H8ClN3O2S/c12-7-2-1-3-13-9(7)10-14-11(17-15-10)6-4-18-5-8(6)16/h1-3,6H,4-5H2. The number of thioether (sulfide) groups is 1. The number of hydrogen-bond donors (Lipinski definition) is 0. The first-order valence-corrected chi connectivity index (χ1v) is 6.84. The molecule has 0 aliphatic carbocycles. The molecule has 0 spiro atoms. The molecule has 1 aliphatic heterocycles. The van der Waals surface area contributed by atoms with Gasteiger partial charge in [-0.15, -0.1) is 0 Å². The first-order chi connectivity index (χ1) is 8.75. The average molecular weight is 282 g/mol. The molecule has 1 aliphatic rings. The number of hydrogen-bond acceptors (Lipinski definition) is 6. The molecule has 3 rings (SSSR count). The van der Waals surface area contributed by atoms with Crippen molar-refractivity contribution in [1.29, 1.82) is 0 Å². The highest BCUT2D eigenvalue weighted by Crippen LogP contribution is 2.30. The summed E-state index contributed by atoms with van der Waals surface area (Å²) in [6.07, 6.45) is 1.60. The molecule has 0 radical (unpaired) electrons. The molecule has 92 valence electrons. The second-order valence-corrected chi connectivity index (χ2v) is 5.26. The Bertz CT molecular complexity index is 601. The SMILES string of the molecule is O=C1CSCC1c1nc(-c2ncccc2Cl)no1. The molecule has 1 atom stereocenters. The maximum absolute atomic E-state index is 11.6. The number of halogens is 1. The fourth-order valence-electron chi connectivity index (χ4n) is 1.70. The minimum atomic E-state index is -0.293. The Balaban J connectivity index is 1.95. The summed E-state index contributed by atoms with van der Waals surface area (Å²) < 4.78 is 5.13. The van der Waals surface area contributed by atoms with Gasteiger partial charge in [-0.2, -0.15) is 16.7 Å². The Morgan fingerprint density at radius 3 is 3.11 bits per heavy atom. The van der Waals surface area contributed by atoms with Gasteiger partial charge in [-0.05, 0) is 12.1 Å². The van der Waals surface area contributed by atoms with Gasteiger partial charge in [-0.1, -0.05) is 16.8 Å². The van der Waals surface area contributed by atoms with Crippen molar-refractivity contribution in [2.24, 2.45) is 0 Å². The lowest BCUT2D eigenvalue weighted by Crippen LogP contribution is -2.09. The lowest BCUT2D eigenvalue weighted by molar-refractivity contribution is -0.117. The van der Waals surface area contributed by atoms with Crippen LogP contribution < -0.4 is 0 Å². The molecule has 7 heteroatoms. The van der Waals surface area contributed by atoms with Crippen molar-refractivity contribution in [2.45, 2.75) is 5.92 Å². The van der Waals surface area contributed by atoms with Crippen molar-refractivity contribution < 1.29 is 9.32 Å². The van der Waals surface area contributed by atoms with Gasteiger partial charge < -0.3 is 4.52 Å². The van der Waals surface area contributed by atoms with Gasteiger partial charge in [-0.25, -0.2) is 0 Å². The third kappa shape index (κ3) is 2.02. The van der Waals surface area contributed by atoms with Crippen LogP contribution in [0.4, 0.5) is 0 Å². The molecule has 1 fully saturated rings. The Morgan fingerprint density at radius 1 is 1.50 bits per heavy atom. The predicted molar refractivity (Wildman–Crippen MR) is 67.6 cm³/mol. The second-order valence-electron chi connectivity index (χ2n) is 3.82. The molecule has 1 saturated heterocycles. The number of carbonyl (C=O) groups excluding carboxylic acids is 1. The summed E-state index contributed by atoms with van der Waals surface area (Å²) in [4.78, 5) is 19.9. The summed E-state index contributed by atoms with van der Waals surface area (Å²) in [5.74, 6) is 1.70. The Kier molecular flexibility index (Phi) is 3.05. The van der Waals surface area contributed by atoms with E-state index in [0.29, 0.717) is 33.9 Å². The molecule has 18 heavy (non-hydrogen) atoms. The van der Waals surface area contributed by atoms with E-state index in [1.807, 2.05) is 0 Å². The highest BCUT2D eigenvalue weighted by Gasteiger charge is 2.31. The largest absolute Gasteiger partial charge is 0.338 e. The zero-order valence-electron chi connectivity index (χ0n) is 9.17. The van der Waals surface area contributed by atoms with E-state index in [0.717, 1.165) is 0 Å². The number of nitrogens with zero attached hydrogens (tertiary/aromatic N) is 3. The first-order valence-electron chi connectivity index (χ1n) is 5.30. The lowest BCUT2D eigenvalue weighted by atomic mass is 10.1. The molecule has 0 amide bonds. The summed E-state index contributed by atoms with van der Waals surface area (Å²) in [6, 6.07) is 3.43. The van der Waals surface area contributed by atoms with Gasteiger partial charge in [0, 0.05) is 11.9 Å². The van der Waals surface area contributed by atoms with E-state index < -0.39 is 0 Å². The molecular weight excluding hydrogens is 274 g/mol. The average Bonchev–Trinajstić information content (AvgIpc) is 2.98. The number of ketones is 1. The van der Waals surface area contributed by atoms with Crippen molar-refractivity contribution in [2.75, 3.05) is 11.5 Å². The Hall–Kier alpha value is -1.40. The summed E-state index contributed by atoms with van der Waals surface area (Å²) in [5.41, 5.74) is 0.465. The quantitative estimate of drug-likeness (QED) is 0.840. The fourth-order valence-corrected chi connectivity index (χ4v) is 2.99. The first kappa shape index (κ1) is 11.7. The van der Waals surface area contributed by atoms with E-state index in [9.17, 15) is 4.79 Å². The van der Waals surface area contributed by atoms with Crippen LogP contribution in [0.3, 0.4) is 0 Å². The summed E-state index contributed by atoms with van der Waals surface area (Å²) >= 11 is 7.58.